The van der Waals surface area contributed by atoms with Crippen molar-refractivity contribution in [3.05, 3.63) is 47.8 Å². The molecular weight excluding hydrogens is 314 g/mol. The Kier molecular flexibility index (Phi) is 5.28. The van der Waals surface area contributed by atoms with Gasteiger partial charge in [-0.3, -0.25) is 4.79 Å². The number of piperazine rings is 1. The second-order valence-electron chi connectivity index (χ2n) is 6.32. The van der Waals surface area contributed by atoms with Crippen LogP contribution in [0.1, 0.15) is 23.1 Å². The van der Waals surface area contributed by atoms with E-state index < -0.39 is 0 Å². The van der Waals surface area contributed by atoms with Crippen LogP contribution in [0.15, 0.2) is 36.4 Å². The molecule has 0 aliphatic carbocycles. The zero-order valence-electron chi connectivity index (χ0n) is 15.1. The molecule has 2 aromatic rings. The predicted molar refractivity (Wildman–Crippen MR) is 100 cm³/mol. The third-order valence-electron chi connectivity index (χ3n) is 4.61. The topological polar surface area (TPSA) is 52.6 Å². The standard InChI is InChI=1S/C19H25N5O/c1-4-23-10-12-24(13-11-23)19-20-15(2)14-17(21-19)18(25)22(3)16-8-6-5-7-9-16/h5-9,14H,4,10-13H2,1-3H3. The lowest BCUT2D eigenvalue weighted by atomic mass is 10.2. The number of aryl methyl sites for hydroxylation is 1. The van der Waals surface area contributed by atoms with Gasteiger partial charge in [-0.05, 0) is 31.7 Å². The summed E-state index contributed by atoms with van der Waals surface area (Å²) in [7, 11) is 1.77. The van der Waals surface area contributed by atoms with Gasteiger partial charge in [0.2, 0.25) is 5.95 Å². The van der Waals surface area contributed by atoms with Gasteiger partial charge >= 0.3 is 0 Å². The quantitative estimate of drug-likeness (QED) is 0.855. The monoisotopic (exact) mass is 339 g/mol. The van der Waals surface area contributed by atoms with Crippen LogP contribution < -0.4 is 9.80 Å². The molecule has 6 heteroatoms. The van der Waals surface area contributed by atoms with Crippen LogP contribution in [0.2, 0.25) is 0 Å². The Balaban J connectivity index is 1.81. The minimum absolute atomic E-state index is 0.120. The average Bonchev–Trinajstić information content (AvgIpc) is 2.67. The first kappa shape index (κ1) is 17.4. The van der Waals surface area contributed by atoms with E-state index in [0.717, 1.165) is 44.1 Å². The number of amides is 1. The summed E-state index contributed by atoms with van der Waals surface area (Å²) in [5, 5.41) is 0. The van der Waals surface area contributed by atoms with Crippen LogP contribution in [-0.4, -0.2) is 60.5 Å². The number of para-hydroxylation sites is 1. The summed E-state index contributed by atoms with van der Waals surface area (Å²) in [5.74, 6) is 0.533. The van der Waals surface area contributed by atoms with Crippen LogP contribution >= 0.6 is 0 Å². The molecule has 0 atom stereocenters. The van der Waals surface area contributed by atoms with Gasteiger partial charge in [0.15, 0.2) is 0 Å². The summed E-state index contributed by atoms with van der Waals surface area (Å²) >= 11 is 0. The van der Waals surface area contributed by atoms with Crippen LogP contribution in [0.5, 0.6) is 0 Å². The number of aromatic nitrogens is 2. The first-order valence-corrected chi connectivity index (χ1v) is 8.74. The Morgan fingerprint density at radius 1 is 1.12 bits per heavy atom. The van der Waals surface area contributed by atoms with Crippen molar-refractivity contribution in [2.75, 3.05) is 49.6 Å². The van der Waals surface area contributed by atoms with Crippen LogP contribution in [0.25, 0.3) is 0 Å². The van der Waals surface area contributed by atoms with E-state index in [1.807, 2.05) is 37.3 Å². The molecule has 1 aromatic carbocycles. The third kappa shape index (κ3) is 3.96. The van der Waals surface area contributed by atoms with Gasteiger partial charge in [0.25, 0.3) is 5.91 Å². The Morgan fingerprint density at radius 3 is 2.44 bits per heavy atom. The van der Waals surface area contributed by atoms with Crippen molar-refractivity contribution in [3.8, 4) is 0 Å². The molecule has 0 radical (unpaired) electrons. The number of carbonyl (C=O) groups excluding carboxylic acids is 1. The van der Waals surface area contributed by atoms with Crippen molar-refractivity contribution < 1.29 is 4.79 Å². The van der Waals surface area contributed by atoms with E-state index in [0.29, 0.717) is 11.6 Å². The highest BCUT2D eigenvalue weighted by Crippen LogP contribution is 2.17. The van der Waals surface area contributed by atoms with E-state index in [1.54, 1.807) is 18.0 Å². The summed E-state index contributed by atoms with van der Waals surface area (Å²) in [4.78, 5) is 28.1. The van der Waals surface area contributed by atoms with Gasteiger partial charge in [-0.2, -0.15) is 0 Å². The summed E-state index contributed by atoms with van der Waals surface area (Å²) in [6.07, 6.45) is 0. The number of benzene rings is 1. The number of nitrogens with zero attached hydrogens (tertiary/aromatic N) is 5. The Morgan fingerprint density at radius 2 is 1.80 bits per heavy atom. The zero-order valence-corrected chi connectivity index (χ0v) is 15.1. The van der Waals surface area contributed by atoms with Crippen LogP contribution in [0, 0.1) is 6.92 Å². The highest BCUT2D eigenvalue weighted by molar-refractivity contribution is 6.04. The number of rotatable bonds is 4. The van der Waals surface area contributed by atoms with Crippen molar-refractivity contribution >= 4 is 17.5 Å². The van der Waals surface area contributed by atoms with Gasteiger partial charge < -0.3 is 14.7 Å². The van der Waals surface area contributed by atoms with Crippen LogP contribution in [-0.2, 0) is 0 Å². The van der Waals surface area contributed by atoms with Gasteiger partial charge in [0, 0.05) is 44.6 Å². The van der Waals surface area contributed by atoms with E-state index in [1.165, 1.54) is 0 Å². The molecule has 0 unspecified atom stereocenters. The lowest BCUT2D eigenvalue weighted by Crippen LogP contribution is -2.47. The maximum atomic E-state index is 12.8. The normalized spacial score (nSPS) is 15.2. The molecule has 1 fully saturated rings. The number of likely N-dealkylation sites (N-methyl/N-ethyl adjacent to an activating group) is 1. The molecule has 6 nitrogen and oxygen atoms in total. The second-order valence-corrected chi connectivity index (χ2v) is 6.32. The molecule has 25 heavy (non-hydrogen) atoms. The fourth-order valence-electron chi connectivity index (χ4n) is 3.01. The van der Waals surface area contributed by atoms with Crippen molar-refractivity contribution in [1.29, 1.82) is 0 Å². The van der Waals surface area contributed by atoms with Crippen LogP contribution in [0.3, 0.4) is 0 Å². The molecule has 1 saturated heterocycles. The summed E-state index contributed by atoms with van der Waals surface area (Å²) in [6.45, 7) is 8.93. The molecule has 3 rings (SSSR count). The number of anilines is 2. The molecule has 1 aromatic heterocycles. The average molecular weight is 339 g/mol. The molecule has 0 N–H and O–H groups in total. The summed E-state index contributed by atoms with van der Waals surface area (Å²) in [5.41, 5.74) is 2.10. The van der Waals surface area contributed by atoms with Gasteiger partial charge in [0.05, 0.1) is 0 Å². The molecule has 0 saturated carbocycles. The van der Waals surface area contributed by atoms with E-state index in [2.05, 4.69) is 26.7 Å². The number of hydrogen-bond donors (Lipinski definition) is 0. The van der Waals surface area contributed by atoms with Gasteiger partial charge in [-0.15, -0.1) is 0 Å². The Hall–Kier alpha value is -2.47. The van der Waals surface area contributed by atoms with Crippen LogP contribution in [0.4, 0.5) is 11.6 Å². The lowest BCUT2D eigenvalue weighted by Gasteiger charge is -2.34. The third-order valence-corrected chi connectivity index (χ3v) is 4.61. The van der Waals surface area contributed by atoms with Gasteiger partial charge in [-0.1, -0.05) is 25.1 Å². The van der Waals surface area contributed by atoms with Gasteiger partial charge in [0.1, 0.15) is 5.69 Å². The minimum atomic E-state index is -0.120. The highest BCUT2D eigenvalue weighted by atomic mass is 16.2. The van der Waals surface area contributed by atoms with Crippen molar-refractivity contribution in [3.63, 3.8) is 0 Å². The Labute approximate surface area is 149 Å². The van der Waals surface area contributed by atoms with Crippen molar-refractivity contribution in [2.24, 2.45) is 0 Å². The fraction of sp³-hybridized carbons (Fsp3) is 0.421. The van der Waals surface area contributed by atoms with E-state index in [-0.39, 0.29) is 5.91 Å². The first-order valence-electron chi connectivity index (χ1n) is 8.74. The molecule has 2 heterocycles. The molecule has 0 bridgehead atoms. The maximum absolute atomic E-state index is 12.8. The first-order chi connectivity index (χ1) is 12.1. The Bertz CT molecular complexity index is 726. The van der Waals surface area contributed by atoms with E-state index in [4.69, 9.17) is 0 Å². The maximum Gasteiger partial charge on any atom is 0.276 e. The zero-order chi connectivity index (χ0) is 17.8. The molecule has 132 valence electrons. The van der Waals surface area contributed by atoms with E-state index >= 15 is 0 Å². The van der Waals surface area contributed by atoms with Gasteiger partial charge in [-0.25, -0.2) is 9.97 Å². The molecule has 0 spiro atoms. The van der Waals surface area contributed by atoms with Crippen molar-refractivity contribution in [1.82, 2.24) is 14.9 Å². The lowest BCUT2D eigenvalue weighted by molar-refractivity contribution is 0.0988. The minimum Gasteiger partial charge on any atom is -0.338 e. The van der Waals surface area contributed by atoms with Crippen molar-refractivity contribution in [2.45, 2.75) is 13.8 Å². The molecular formula is C19H25N5O. The van der Waals surface area contributed by atoms with E-state index in [9.17, 15) is 4.79 Å². The second kappa shape index (κ2) is 7.61. The molecule has 1 aliphatic heterocycles. The molecule has 1 amide bonds. The smallest absolute Gasteiger partial charge is 0.276 e. The SMILES string of the molecule is CCN1CCN(c2nc(C)cc(C(=O)N(C)c3ccccc3)n2)CC1. The fourth-order valence-corrected chi connectivity index (χ4v) is 3.01. The highest BCUT2D eigenvalue weighted by Gasteiger charge is 2.21. The summed E-state index contributed by atoms with van der Waals surface area (Å²) < 4.78 is 0. The number of hydrogen-bond acceptors (Lipinski definition) is 5. The predicted octanol–water partition coefficient (Wildman–Crippen LogP) is 2.20. The largest absolute Gasteiger partial charge is 0.338 e. The molecule has 1 aliphatic rings. The number of carbonyl (C=O) groups is 1. The summed E-state index contributed by atoms with van der Waals surface area (Å²) in [6, 6.07) is 11.4.